The molecule has 1 aromatic carbocycles. The zero-order chi connectivity index (χ0) is 22.5. The molecule has 4 atom stereocenters. The van der Waals surface area contributed by atoms with Crippen LogP contribution in [0.2, 0.25) is 19.6 Å². The van der Waals surface area contributed by atoms with Gasteiger partial charge in [0, 0.05) is 5.69 Å². The summed E-state index contributed by atoms with van der Waals surface area (Å²) in [6.07, 6.45) is -4.29. The van der Waals surface area contributed by atoms with E-state index < -0.39 is 45.3 Å². The van der Waals surface area contributed by atoms with Gasteiger partial charge in [-0.25, -0.2) is 4.98 Å². The number of anilines is 2. The summed E-state index contributed by atoms with van der Waals surface area (Å²) in [6.45, 7) is 8.30. The fourth-order valence-corrected chi connectivity index (χ4v) is 4.90. The van der Waals surface area contributed by atoms with E-state index in [9.17, 15) is 19.7 Å². The van der Waals surface area contributed by atoms with E-state index in [2.05, 4.69) is 52.0 Å². The molecule has 31 heavy (non-hydrogen) atoms. The van der Waals surface area contributed by atoms with Crippen molar-refractivity contribution in [2.45, 2.75) is 51.1 Å². The molecule has 1 aliphatic heterocycles. The molecule has 3 aromatic rings. The van der Waals surface area contributed by atoms with Crippen LogP contribution >= 0.6 is 0 Å². The molecule has 0 radical (unpaired) electrons. The number of benzene rings is 1. The van der Waals surface area contributed by atoms with E-state index in [4.69, 9.17) is 4.74 Å². The maximum atomic E-state index is 14.3. The summed E-state index contributed by atoms with van der Waals surface area (Å²) in [6, 6.07) is 6.13. The van der Waals surface area contributed by atoms with Crippen LogP contribution in [0.1, 0.15) is 11.8 Å². The average molecular weight is 448 g/mol. The largest absolute Gasteiger partial charge is 0.394 e. The van der Waals surface area contributed by atoms with Gasteiger partial charge in [0.15, 0.2) is 23.2 Å². The lowest BCUT2D eigenvalue weighted by molar-refractivity contribution is -0.0511. The number of rotatable bonds is 5. The highest BCUT2D eigenvalue weighted by Crippen LogP contribution is 2.33. The molecule has 1 fully saturated rings. The predicted molar refractivity (Wildman–Crippen MR) is 116 cm³/mol. The van der Waals surface area contributed by atoms with Gasteiger partial charge in [0.1, 0.15) is 18.3 Å². The zero-order valence-electron chi connectivity index (χ0n) is 17.7. The standard InChI is InChI=1S/C20H26FN5O4Si/c1-10-7-11(31(2,3)4)5-6-12(10)23-17-14-18(25-20(21)24-17)26(9-22-14)19-16(29)15(28)13(8-27)30-19/h5-7,9,13,15-16,19,27-29H,8H2,1-4H3,(H,23,24,25). The molecule has 0 aliphatic carbocycles. The third-order valence-electron chi connectivity index (χ3n) is 5.53. The summed E-state index contributed by atoms with van der Waals surface area (Å²) < 4.78 is 21.1. The first-order chi connectivity index (χ1) is 14.6. The van der Waals surface area contributed by atoms with E-state index in [0.717, 1.165) is 11.3 Å². The number of aliphatic hydroxyl groups is 3. The lowest BCUT2D eigenvalue weighted by atomic mass is 10.1. The highest BCUT2D eigenvalue weighted by Gasteiger charge is 2.44. The fourth-order valence-electron chi connectivity index (χ4n) is 3.67. The summed E-state index contributed by atoms with van der Waals surface area (Å²) in [7, 11) is -1.47. The Bertz CT molecular complexity index is 1120. The lowest BCUT2D eigenvalue weighted by Gasteiger charge is -2.19. The second-order valence-electron chi connectivity index (χ2n) is 8.80. The molecular formula is C20H26FN5O4Si. The van der Waals surface area contributed by atoms with Crippen LogP contribution in [0.5, 0.6) is 0 Å². The Morgan fingerprint density at radius 2 is 1.94 bits per heavy atom. The van der Waals surface area contributed by atoms with E-state index in [1.165, 1.54) is 16.1 Å². The number of imidazole rings is 1. The number of halogens is 1. The molecule has 0 saturated carbocycles. The summed E-state index contributed by atoms with van der Waals surface area (Å²) in [5.74, 6) is 0.178. The molecule has 11 heteroatoms. The molecule has 0 spiro atoms. The number of hydrogen-bond acceptors (Lipinski definition) is 8. The molecule has 4 unspecified atom stereocenters. The van der Waals surface area contributed by atoms with Gasteiger partial charge in [-0.2, -0.15) is 14.4 Å². The van der Waals surface area contributed by atoms with Crippen LogP contribution in [-0.2, 0) is 4.74 Å². The summed E-state index contributed by atoms with van der Waals surface area (Å²) in [4.78, 5) is 12.0. The van der Waals surface area contributed by atoms with Gasteiger partial charge in [-0.1, -0.05) is 37.0 Å². The van der Waals surface area contributed by atoms with E-state index in [1.807, 2.05) is 13.0 Å². The first-order valence-corrected chi connectivity index (χ1v) is 13.5. The van der Waals surface area contributed by atoms with E-state index in [-0.39, 0.29) is 17.0 Å². The van der Waals surface area contributed by atoms with Crippen molar-refractivity contribution in [2.24, 2.45) is 0 Å². The molecular weight excluding hydrogens is 421 g/mol. The van der Waals surface area contributed by atoms with Crippen molar-refractivity contribution in [3.05, 3.63) is 36.2 Å². The van der Waals surface area contributed by atoms with Gasteiger partial charge in [-0.05, 0) is 18.6 Å². The number of aliphatic hydroxyl groups excluding tert-OH is 3. The van der Waals surface area contributed by atoms with Gasteiger partial charge in [0.2, 0.25) is 0 Å². The number of hydrogen-bond donors (Lipinski definition) is 4. The van der Waals surface area contributed by atoms with E-state index in [1.54, 1.807) is 0 Å². The molecule has 1 saturated heterocycles. The number of aromatic nitrogens is 4. The fraction of sp³-hybridized carbons (Fsp3) is 0.450. The van der Waals surface area contributed by atoms with Crippen molar-refractivity contribution in [3.63, 3.8) is 0 Å². The highest BCUT2D eigenvalue weighted by atomic mass is 28.3. The second kappa shape index (κ2) is 7.91. The van der Waals surface area contributed by atoms with Crippen LogP contribution in [0, 0.1) is 13.0 Å². The monoisotopic (exact) mass is 447 g/mol. The number of fused-ring (bicyclic) bond motifs is 1. The van der Waals surface area contributed by atoms with Crippen molar-refractivity contribution < 1.29 is 24.4 Å². The smallest absolute Gasteiger partial charge is 0.312 e. The van der Waals surface area contributed by atoms with Crippen LogP contribution in [-0.4, -0.2) is 67.8 Å². The molecule has 166 valence electrons. The number of aryl methyl sites for hydroxylation is 1. The maximum Gasteiger partial charge on any atom is 0.312 e. The molecule has 1 aliphatic rings. The molecule has 0 bridgehead atoms. The van der Waals surface area contributed by atoms with Crippen molar-refractivity contribution in [1.29, 1.82) is 0 Å². The van der Waals surface area contributed by atoms with Gasteiger partial charge in [0.25, 0.3) is 0 Å². The van der Waals surface area contributed by atoms with Gasteiger partial charge < -0.3 is 25.4 Å². The van der Waals surface area contributed by atoms with Gasteiger partial charge in [-0.3, -0.25) is 4.57 Å². The van der Waals surface area contributed by atoms with E-state index in [0.29, 0.717) is 0 Å². The molecule has 4 N–H and O–H groups in total. The van der Waals surface area contributed by atoms with Crippen LogP contribution in [0.15, 0.2) is 24.5 Å². The summed E-state index contributed by atoms with van der Waals surface area (Å²) >= 11 is 0. The summed E-state index contributed by atoms with van der Waals surface area (Å²) in [5.41, 5.74) is 2.15. The van der Waals surface area contributed by atoms with E-state index >= 15 is 0 Å². The minimum absolute atomic E-state index is 0.0983. The van der Waals surface area contributed by atoms with Gasteiger partial charge >= 0.3 is 6.08 Å². The Hall–Kier alpha value is -2.44. The Morgan fingerprint density at radius 1 is 1.19 bits per heavy atom. The van der Waals surface area contributed by atoms with Crippen molar-refractivity contribution in [2.75, 3.05) is 11.9 Å². The normalized spacial score (nSPS) is 24.1. The Labute approximate surface area is 179 Å². The lowest BCUT2D eigenvalue weighted by Crippen LogP contribution is -2.37. The number of ether oxygens (including phenoxy) is 1. The number of nitrogens with zero attached hydrogens (tertiary/aromatic N) is 4. The SMILES string of the molecule is Cc1cc([Si](C)(C)C)ccc1Nc1nc(F)nc2c1ncn2C1OC(CO)C(O)C1O. The highest BCUT2D eigenvalue weighted by molar-refractivity contribution is 6.88. The zero-order valence-corrected chi connectivity index (χ0v) is 18.7. The third kappa shape index (κ3) is 3.94. The van der Waals surface area contributed by atoms with Crippen LogP contribution in [0.25, 0.3) is 11.2 Å². The third-order valence-corrected chi connectivity index (χ3v) is 7.57. The molecule has 3 heterocycles. The van der Waals surface area contributed by atoms with Crippen LogP contribution in [0.4, 0.5) is 15.9 Å². The Kier molecular flexibility index (Phi) is 5.56. The van der Waals surface area contributed by atoms with Crippen molar-refractivity contribution in [3.8, 4) is 0 Å². The number of nitrogens with one attached hydrogen (secondary N) is 1. The average Bonchev–Trinajstić information content (AvgIpc) is 3.24. The van der Waals surface area contributed by atoms with Gasteiger partial charge in [-0.15, -0.1) is 0 Å². The van der Waals surface area contributed by atoms with Crippen molar-refractivity contribution >= 4 is 35.9 Å². The second-order valence-corrected chi connectivity index (χ2v) is 13.9. The predicted octanol–water partition coefficient (Wildman–Crippen LogP) is 1.17. The molecule has 4 rings (SSSR count). The maximum absolute atomic E-state index is 14.3. The minimum Gasteiger partial charge on any atom is -0.394 e. The molecule has 2 aromatic heterocycles. The first-order valence-electron chi connectivity index (χ1n) is 10.0. The van der Waals surface area contributed by atoms with Crippen LogP contribution in [0.3, 0.4) is 0 Å². The van der Waals surface area contributed by atoms with Crippen molar-refractivity contribution in [1.82, 2.24) is 19.5 Å². The summed E-state index contributed by atoms with van der Waals surface area (Å²) in [5, 5.41) is 34.1. The minimum atomic E-state index is -1.47. The van der Waals surface area contributed by atoms with Gasteiger partial charge in [0.05, 0.1) is 21.0 Å². The Morgan fingerprint density at radius 3 is 2.55 bits per heavy atom. The first kappa shape index (κ1) is 21.8. The van der Waals surface area contributed by atoms with Crippen LogP contribution < -0.4 is 10.5 Å². The Balaban J connectivity index is 1.71. The molecule has 0 amide bonds. The topological polar surface area (TPSA) is 126 Å². The quantitative estimate of drug-likeness (QED) is 0.339. The molecule has 9 nitrogen and oxygen atoms in total.